The van der Waals surface area contributed by atoms with Crippen molar-refractivity contribution in [1.82, 2.24) is 5.32 Å². The summed E-state index contributed by atoms with van der Waals surface area (Å²) < 4.78 is 23.2. The molecule has 2 aromatic carbocycles. The summed E-state index contributed by atoms with van der Waals surface area (Å²) in [6.45, 7) is 3.85. The highest BCUT2D eigenvalue weighted by atomic mass is 19.1. The molecule has 2 aromatic rings. The van der Waals surface area contributed by atoms with Crippen molar-refractivity contribution < 1.29 is 28.4 Å². The Hall–Kier alpha value is -2.71. The van der Waals surface area contributed by atoms with E-state index in [1.165, 1.54) is 24.3 Å². The van der Waals surface area contributed by atoms with E-state index in [9.17, 15) is 19.0 Å². The number of amides is 1. The van der Waals surface area contributed by atoms with Gasteiger partial charge in [0.25, 0.3) is 5.91 Å². The molecule has 1 aliphatic heterocycles. The summed E-state index contributed by atoms with van der Waals surface area (Å²) in [5.74, 6) is -1.41. The summed E-state index contributed by atoms with van der Waals surface area (Å²) in [5, 5.41) is 12.6. The summed E-state index contributed by atoms with van der Waals surface area (Å²) in [6.07, 6.45) is 0. The second-order valence-electron chi connectivity index (χ2n) is 6.89. The quantitative estimate of drug-likeness (QED) is 0.584. The number of halogens is 1. The maximum atomic E-state index is 12.9. The Labute approximate surface area is 162 Å². The summed E-state index contributed by atoms with van der Waals surface area (Å²) >= 11 is 0. The molecule has 6 nitrogen and oxygen atoms in total. The van der Waals surface area contributed by atoms with Gasteiger partial charge in [-0.15, -0.1) is 0 Å². The van der Waals surface area contributed by atoms with E-state index < -0.39 is 19.0 Å². The maximum absolute atomic E-state index is 12.9. The van der Waals surface area contributed by atoms with Crippen LogP contribution in [0.1, 0.15) is 46.8 Å². The number of carbonyl (C=O) groups excluding carboxylic acids is 2. The second-order valence-corrected chi connectivity index (χ2v) is 6.89. The zero-order chi connectivity index (χ0) is 20.3. The Balaban J connectivity index is 1.62. The van der Waals surface area contributed by atoms with Gasteiger partial charge in [0, 0.05) is 5.56 Å². The molecule has 0 saturated carbocycles. The Morgan fingerprint density at radius 1 is 1.25 bits per heavy atom. The molecule has 0 atom stereocenters. The minimum absolute atomic E-state index is 0.00535. The minimum atomic E-state index is -1.05. The monoisotopic (exact) mass is 385 g/mol. The molecular formula is C20H21BFNO5. The molecule has 0 fully saturated rings. The van der Waals surface area contributed by atoms with E-state index in [4.69, 9.17) is 9.39 Å². The highest BCUT2D eigenvalue weighted by molar-refractivity contribution is 6.62. The lowest BCUT2D eigenvalue weighted by Gasteiger charge is -2.17. The number of ether oxygens (including phenoxy) is 1. The molecule has 0 bridgehead atoms. The Kier molecular flexibility index (Phi) is 6.11. The molecular weight excluding hydrogens is 364 g/mol. The predicted molar refractivity (Wildman–Crippen MR) is 101 cm³/mol. The first-order valence-electron chi connectivity index (χ1n) is 9.00. The minimum Gasteiger partial charge on any atom is -0.460 e. The normalized spacial score (nSPS) is 12.8. The number of fused-ring (bicyclic) bond motifs is 1. The molecule has 0 unspecified atom stereocenters. The van der Waals surface area contributed by atoms with Gasteiger partial charge in [0.2, 0.25) is 0 Å². The smallest absolute Gasteiger partial charge is 0.460 e. The molecule has 0 aliphatic carbocycles. The van der Waals surface area contributed by atoms with Gasteiger partial charge in [-0.1, -0.05) is 32.0 Å². The van der Waals surface area contributed by atoms with E-state index >= 15 is 0 Å². The third kappa shape index (κ3) is 4.40. The summed E-state index contributed by atoms with van der Waals surface area (Å²) in [6, 6.07) is 9.03. The number of nitrogens with one attached hydrogen (secondary N) is 1. The highest BCUT2D eigenvalue weighted by Gasteiger charge is 2.33. The van der Waals surface area contributed by atoms with Crippen LogP contribution in [0.2, 0.25) is 0 Å². The van der Waals surface area contributed by atoms with Crippen molar-refractivity contribution in [2.24, 2.45) is 0 Å². The average Bonchev–Trinajstić information content (AvgIpc) is 3.05. The molecule has 3 rings (SSSR count). The fourth-order valence-electron chi connectivity index (χ4n) is 3.21. The number of esters is 1. The van der Waals surface area contributed by atoms with Gasteiger partial charge < -0.3 is 19.7 Å². The van der Waals surface area contributed by atoms with Crippen LogP contribution in [0.4, 0.5) is 4.39 Å². The third-order valence-corrected chi connectivity index (χ3v) is 4.55. The molecule has 1 amide bonds. The van der Waals surface area contributed by atoms with Gasteiger partial charge in [-0.3, -0.25) is 9.59 Å². The van der Waals surface area contributed by atoms with Crippen LogP contribution in [0.25, 0.3) is 0 Å². The Morgan fingerprint density at radius 3 is 2.64 bits per heavy atom. The molecule has 0 spiro atoms. The van der Waals surface area contributed by atoms with E-state index in [2.05, 4.69) is 5.32 Å². The van der Waals surface area contributed by atoms with Crippen molar-refractivity contribution in [3.05, 3.63) is 64.5 Å². The summed E-state index contributed by atoms with van der Waals surface area (Å²) in [5.41, 5.74) is 3.23. The largest absolute Gasteiger partial charge is 0.492 e. The molecule has 146 valence electrons. The molecule has 0 saturated heterocycles. The first kappa shape index (κ1) is 20.0. The Bertz CT molecular complexity index is 885. The first-order chi connectivity index (χ1) is 13.4. The zero-order valence-electron chi connectivity index (χ0n) is 15.7. The van der Waals surface area contributed by atoms with E-state index in [1.807, 2.05) is 13.8 Å². The van der Waals surface area contributed by atoms with Crippen LogP contribution in [-0.2, 0) is 27.4 Å². The van der Waals surface area contributed by atoms with Crippen LogP contribution in [0.15, 0.2) is 36.4 Å². The van der Waals surface area contributed by atoms with Crippen molar-refractivity contribution in [3.63, 3.8) is 0 Å². The van der Waals surface area contributed by atoms with E-state index in [1.54, 1.807) is 12.1 Å². The zero-order valence-corrected chi connectivity index (χ0v) is 15.7. The summed E-state index contributed by atoms with van der Waals surface area (Å²) in [7, 11) is -1.05. The van der Waals surface area contributed by atoms with Gasteiger partial charge >= 0.3 is 13.1 Å². The molecule has 0 radical (unpaired) electrons. The Morgan fingerprint density at radius 2 is 1.96 bits per heavy atom. The summed E-state index contributed by atoms with van der Waals surface area (Å²) in [4.78, 5) is 24.5. The van der Waals surface area contributed by atoms with Crippen molar-refractivity contribution in [3.8, 4) is 0 Å². The highest BCUT2D eigenvalue weighted by Crippen LogP contribution is 2.23. The van der Waals surface area contributed by atoms with Crippen LogP contribution >= 0.6 is 0 Å². The first-order valence-corrected chi connectivity index (χ1v) is 9.00. The van der Waals surface area contributed by atoms with Crippen molar-refractivity contribution in [2.45, 2.75) is 33.0 Å². The van der Waals surface area contributed by atoms with E-state index in [0.717, 1.165) is 5.56 Å². The second kappa shape index (κ2) is 8.54. The molecule has 2 N–H and O–H groups in total. The van der Waals surface area contributed by atoms with E-state index in [-0.39, 0.29) is 24.9 Å². The molecule has 8 heteroatoms. The molecule has 28 heavy (non-hydrogen) atoms. The van der Waals surface area contributed by atoms with Crippen LogP contribution in [0, 0.1) is 5.82 Å². The molecule has 0 aromatic heterocycles. The molecule has 1 heterocycles. The fourth-order valence-corrected chi connectivity index (χ4v) is 3.21. The lowest BCUT2D eigenvalue weighted by molar-refractivity contribution is -0.143. The fraction of sp³-hybridized carbons (Fsp3) is 0.300. The van der Waals surface area contributed by atoms with E-state index in [0.29, 0.717) is 28.8 Å². The third-order valence-electron chi connectivity index (χ3n) is 4.55. The van der Waals surface area contributed by atoms with Crippen LogP contribution in [-0.4, -0.2) is 30.6 Å². The van der Waals surface area contributed by atoms with Crippen molar-refractivity contribution in [2.75, 3.05) is 6.54 Å². The van der Waals surface area contributed by atoms with Gasteiger partial charge in [-0.2, -0.15) is 0 Å². The van der Waals surface area contributed by atoms with Crippen molar-refractivity contribution >= 4 is 24.5 Å². The van der Waals surface area contributed by atoms with Gasteiger partial charge in [0.15, 0.2) is 0 Å². The maximum Gasteiger partial charge on any atom is 0.492 e. The van der Waals surface area contributed by atoms with Crippen molar-refractivity contribution in [1.29, 1.82) is 0 Å². The lowest BCUT2D eigenvalue weighted by atomic mass is 9.72. The van der Waals surface area contributed by atoms with Crippen LogP contribution in [0.5, 0.6) is 0 Å². The average molecular weight is 385 g/mol. The van der Waals surface area contributed by atoms with Gasteiger partial charge in [0.05, 0.1) is 6.61 Å². The van der Waals surface area contributed by atoms with Crippen LogP contribution < -0.4 is 10.8 Å². The van der Waals surface area contributed by atoms with Gasteiger partial charge in [0.1, 0.15) is 19.0 Å². The number of rotatable bonds is 6. The van der Waals surface area contributed by atoms with Gasteiger partial charge in [-0.05, 0) is 46.3 Å². The SMILES string of the molecule is CC(C)c1c(C(=O)NCC(=O)OCc2ccc(F)cc2)ccc2c1B(O)OC2. The number of benzene rings is 2. The number of hydrogen-bond donors (Lipinski definition) is 2. The number of carbonyl (C=O) groups is 2. The molecule has 1 aliphatic rings. The van der Waals surface area contributed by atoms with Gasteiger partial charge in [-0.25, -0.2) is 4.39 Å². The topological polar surface area (TPSA) is 84.9 Å². The lowest BCUT2D eigenvalue weighted by Crippen LogP contribution is -2.36. The number of hydrogen-bond acceptors (Lipinski definition) is 5. The van der Waals surface area contributed by atoms with Crippen LogP contribution in [0.3, 0.4) is 0 Å². The standard InChI is InChI=1S/C20H21BFNO5/c1-12(2)18-16(8-5-14-11-28-21(26)19(14)18)20(25)23-9-17(24)27-10-13-3-6-15(22)7-4-13/h3-8,12,26H,9-11H2,1-2H3,(H,23,25). The predicted octanol–water partition coefficient (Wildman–Crippen LogP) is 1.64.